The van der Waals surface area contributed by atoms with E-state index < -0.39 is 0 Å². The SMILES string of the molecule is CN(C)CCCNC(=O)c1cnc(NCCc2ccc(Cl)cc2)cn1. The van der Waals surface area contributed by atoms with E-state index in [1.807, 2.05) is 38.4 Å². The lowest BCUT2D eigenvalue weighted by Gasteiger charge is -2.10. The van der Waals surface area contributed by atoms with Gasteiger partial charge in [-0.3, -0.25) is 4.79 Å². The molecule has 0 radical (unpaired) electrons. The van der Waals surface area contributed by atoms with Crippen molar-refractivity contribution in [3.05, 3.63) is 52.9 Å². The average molecular weight is 362 g/mol. The van der Waals surface area contributed by atoms with Gasteiger partial charge in [-0.2, -0.15) is 0 Å². The number of hydrogen-bond donors (Lipinski definition) is 2. The van der Waals surface area contributed by atoms with E-state index in [9.17, 15) is 4.79 Å². The van der Waals surface area contributed by atoms with Crippen LogP contribution >= 0.6 is 11.6 Å². The van der Waals surface area contributed by atoms with E-state index in [0.717, 1.165) is 31.0 Å². The van der Waals surface area contributed by atoms with E-state index in [2.05, 4.69) is 25.5 Å². The van der Waals surface area contributed by atoms with Gasteiger partial charge in [-0.05, 0) is 51.2 Å². The van der Waals surface area contributed by atoms with Crippen molar-refractivity contribution in [2.45, 2.75) is 12.8 Å². The van der Waals surface area contributed by atoms with Crippen molar-refractivity contribution in [1.82, 2.24) is 20.2 Å². The van der Waals surface area contributed by atoms with Crippen LogP contribution in [-0.4, -0.2) is 54.5 Å². The number of nitrogens with one attached hydrogen (secondary N) is 2. The van der Waals surface area contributed by atoms with Crippen LogP contribution in [0, 0.1) is 0 Å². The van der Waals surface area contributed by atoms with Crippen LogP contribution in [0.15, 0.2) is 36.7 Å². The zero-order chi connectivity index (χ0) is 18.1. The molecule has 0 fully saturated rings. The van der Waals surface area contributed by atoms with Gasteiger partial charge in [0.1, 0.15) is 11.5 Å². The van der Waals surface area contributed by atoms with Crippen molar-refractivity contribution >= 4 is 23.3 Å². The molecule has 0 aliphatic carbocycles. The number of amides is 1. The quantitative estimate of drug-likeness (QED) is 0.671. The molecular formula is C18H24ClN5O. The van der Waals surface area contributed by atoms with E-state index in [1.165, 1.54) is 11.8 Å². The predicted octanol–water partition coefficient (Wildman–Crippen LogP) is 2.47. The number of hydrogen-bond acceptors (Lipinski definition) is 5. The normalized spacial score (nSPS) is 10.7. The van der Waals surface area contributed by atoms with Gasteiger partial charge < -0.3 is 15.5 Å². The third kappa shape index (κ3) is 7.07. The molecule has 1 aromatic carbocycles. The second kappa shape index (κ2) is 9.96. The van der Waals surface area contributed by atoms with Crippen LogP contribution in [-0.2, 0) is 6.42 Å². The Bertz CT molecular complexity index is 658. The Morgan fingerprint density at radius 3 is 2.52 bits per heavy atom. The highest BCUT2D eigenvalue weighted by atomic mass is 35.5. The van der Waals surface area contributed by atoms with Gasteiger partial charge in [0.15, 0.2) is 0 Å². The number of anilines is 1. The number of carbonyl (C=O) groups excluding carboxylic acids is 1. The highest BCUT2D eigenvalue weighted by molar-refractivity contribution is 6.30. The molecule has 0 aliphatic rings. The second-order valence-electron chi connectivity index (χ2n) is 6.00. The van der Waals surface area contributed by atoms with E-state index in [0.29, 0.717) is 18.1 Å². The molecule has 0 spiro atoms. The molecule has 1 heterocycles. The summed E-state index contributed by atoms with van der Waals surface area (Å²) in [7, 11) is 4.01. The first kappa shape index (κ1) is 19.1. The monoisotopic (exact) mass is 361 g/mol. The van der Waals surface area contributed by atoms with Gasteiger partial charge in [0.25, 0.3) is 5.91 Å². The number of aromatic nitrogens is 2. The third-order valence-electron chi connectivity index (χ3n) is 3.59. The Balaban J connectivity index is 1.73. The summed E-state index contributed by atoms with van der Waals surface area (Å²) in [5, 5.41) is 6.77. The van der Waals surface area contributed by atoms with Crippen molar-refractivity contribution in [1.29, 1.82) is 0 Å². The Morgan fingerprint density at radius 2 is 1.88 bits per heavy atom. The summed E-state index contributed by atoms with van der Waals surface area (Å²) in [6.07, 6.45) is 4.83. The molecule has 0 unspecified atom stereocenters. The van der Waals surface area contributed by atoms with E-state index in [1.54, 1.807) is 6.20 Å². The lowest BCUT2D eigenvalue weighted by Crippen LogP contribution is -2.27. The van der Waals surface area contributed by atoms with Crippen LogP contribution in [0.1, 0.15) is 22.5 Å². The number of rotatable bonds is 9. The summed E-state index contributed by atoms with van der Waals surface area (Å²) in [5.41, 5.74) is 1.52. The summed E-state index contributed by atoms with van der Waals surface area (Å²) in [6.45, 7) is 2.29. The van der Waals surface area contributed by atoms with Crippen LogP contribution in [0.5, 0.6) is 0 Å². The van der Waals surface area contributed by atoms with E-state index in [4.69, 9.17) is 11.6 Å². The molecule has 2 aromatic rings. The van der Waals surface area contributed by atoms with E-state index >= 15 is 0 Å². The summed E-state index contributed by atoms with van der Waals surface area (Å²) in [6, 6.07) is 7.75. The average Bonchev–Trinajstić information content (AvgIpc) is 2.61. The number of carbonyl (C=O) groups is 1. The van der Waals surface area contributed by atoms with Gasteiger partial charge in [0.05, 0.1) is 12.4 Å². The molecule has 2 rings (SSSR count). The molecule has 0 saturated heterocycles. The number of benzene rings is 1. The fourth-order valence-electron chi connectivity index (χ4n) is 2.21. The molecular weight excluding hydrogens is 338 g/mol. The Morgan fingerprint density at radius 1 is 1.12 bits per heavy atom. The minimum atomic E-state index is -0.195. The topological polar surface area (TPSA) is 70.2 Å². The Hall–Kier alpha value is -2.18. The highest BCUT2D eigenvalue weighted by Gasteiger charge is 2.07. The van der Waals surface area contributed by atoms with Crippen LogP contribution in [0.3, 0.4) is 0 Å². The fraction of sp³-hybridized carbons (Fsp3) is 0.389. The Kier molecular flexibility index (Phi) is 7.63. The fourth-order valence-corrected chi connectivity index (χ4v) is 2.34. The lowest BCUT2D eigenvalue weighted by atomic mass is 10.1. The molecule has 134 valence electrons. The molecule has 2 N–H and O–H groups in total. The van der Waals surface area contributed by atoms with Crippen LogP contribution < -0.4 is 10.6 Å². The molecule has 0 atom stereocenters. The summed E-state index contributed by atoms with van der Waals surface area (Å²) in [4.78, 5) is 22.5. The zero-order valence-corrected chi connectivity index (χ0v) is 15.4. The maximum Gasteiger partial charge on any atom is 0.271 e. The summed E-state index contributed by atoms with van der Waals surface area (Å²) >= 11 is 5.87. The van der Waals surface area contributed by atoms with E-state index in [-0.39, 0.29) is 5.91 Å². The first-order chi connectivity index (χ1) is 12.0. The number of nitrogens with zero attached hydrogens (tertiary/aromatic N) is 3. The van der Waals surface area contributed by atoms with Crippen LogP contribution in [0.25, 0.3) is 0 Å². The zero-order valence-electron chi connectivity index (χ0n) is 14.6. The molecule has 0 bridgehead atoms. The minimum absolute atomic E-state index is 0.195. The van der Waals surface area contributed by atoms with Crippen molar-refractivity contribution < 1.29 is 4.79 Å². The van der Waals surface area contributed by atoms with Crippen LogP contribution in [0.4, 0.5) is 5.82 Å². The molecule has 1 aromatic heterocycles. The third-order valence-corrected chi connectivity index (χ3v) is 3.84. The maximum atomic E-state index is 12.0. The maximum absolute atomic E-state index is 12.0. The largest absolute Gasteiger partial charge is 0.368 e. The molecule has 25 heavy (non-hydrogen) atoms. The van der Waals surface area contributed by atoms with Gasteiger partial charge in [-0.1, -0.05) is 23.7 Å². The molecule has 0 aliphatic heterocycles. The van der Waals surface area contributed by atoms with Crippen molar-refractivity contribution in [3.8, 4) is 0 Å². The Labute approximate surface area is 153 Å². The van der Waals surface area contributed by atoms with Gasteiger partial charge in [0.2, 0.25) is 0 Å². The first-order valence-corrected chi connectivity index (χ1v) is 8.65. The van der Waals surface area contributed by atoms with Gasteiger partial charge in [0, 0.05) is 18.1 Å². The first-order valence-electron chi connectivity index (χ1n) is 8.28. The van der Waals surface area contributed by atoms with Gasteiger partial charge in [-0.15, -0.1) is 0 Å². The molecule has 6 nitrogen and oxygen atoms in total. The minimum Gasteiger partial charge on any atom is -0.368 e. The predicted molar refractivity (Wildman–Crippen MR) is 101 cm³/mol. The smallest absolute Gasteiger partial charge is 0.271 e. The summed E-state index contributed by atoms with van der Waals surface area (Å²) < 4.78 is 0. The second-order valence-corrected chi connectivity index (χ2v) is 6.44. The van der Waals surface area contributed by atoms with Crippen molar-refractivity contribution in [2.75, 3.05) is 39.0 Å². The van der Waals surface area contributed by atoms with Gasteiger partial charge >= 0.3 is 0 Å². The van der Waals surface area contributed by atoms with Crippen molar-refractivity contribution in [2.24, 2.45) is 0 Å². The summed E-state index contributed by atoms with van der Waals surface area (Å²) in [5.74, 6) is 0.456. The number of halogens is 1. The van der Waals surface area contributed by atoms with Gasteiger partial charge in [-0.25, -0.2) is 9.97 Å². The van der Waals surface area contributed by atoms with Crippen LogP contribution in [0.2, 0.25) is 5.02 Å². The molecule has 1 amide bonds. The van der Waals surface area contributed by atoms with Crippen molar-refractivity contribution in [3.63, 3.8) is 0 Å². The lowest BCUT2D eigenvalue weighted by molar-refractivity contribution is 0.0947. The standard InChI is InChI=1S/C18H24ClN5O/c1-24(2)11-3-9-21-18(25)16-12-23-17(13-22-16)20-10-8-14-4-6-15(19)7-5-14/h4-7,12-13H,3,8-11H2,1-2H3,(H,20,23)(H,21,25). The molecule has 7 heteroatoms. The molecule has 0 saturated carbocycles. The highest BCUT2D eigenvalue weighted by Crippen LogP contribution is 2.10.